The number of hydrogen-bond donors (Lipinski definition) is 2. The largest absolute Gasteiger partial charge is 0.477 e. The minimum absolute atomic E-state index is 0.0376. The van der Waals surface area contributed by atoms with Gasteiger partial charge in [-0.15, -0.1) is 11.8 Å². The van der Waals surface area contributed by atoms with Crippen LogP contribution in [-0.2, 0) is 6.54 Å². The van der Waals surface area contributed by atoms with E-state index in [1.165, 1.54) is 28.6 Å². The third kappa shape index (κ3) is 3.55. The topological polar surface area (TPSA) is 81.1 Å². The van der Waals surface area contributed by atoms with Gasteiger partial charge in [0.25, 0.3) is 0 Å². The number of rotatable bonds is 6. The van der Waals surface area contributed by atoms with Crippen molar-refractivity contribution in [3.63, 3.8) is 0 Å². The van der Waals surface area contributed by atoms with Crippen molar-refractivity contribution in [2.24, 2.45) is 0 Å². The molecular formula is C14H16FN3O2S. The first-order valence-electron chi connectivity index (χ1n) is 6.49. The molecule has 3 N–H and O–H groups in total. The third-order valence-corrected chi connectivity index (χ3v) is 4.03. The highest BCUT2D eigenvalue weighted by Gasteiger charge is 2.21. The standard InChI is InChI=1S/C14H16FN3O2S/c1-2-7-21-13-11(14(19)20)12(16)18(17-13)8-9-3-5-10(15)6-4-9/h3-6H,2,7-8,16H2,1H3,(H,19,20). The number of aromatic carboxylic acids is 1. The lowest BCUT2D eigenvalue weighted by molar-refractivity contribution is 0.0694. The van der Waals surface area contributed by atoms with Crippen LogP contribution >= 0.6 is 11.8 Å². The number of nitrogens with zero attached hydrogens (tertiary/aromatic N) is 2. The van der Waals surface area contributed by atoms with Crippen molar-refractivity contribution in [2.45, 2.75) is 24.9 Å². The van der Waals surface area contributed by atoms with Gasteiger partial charge in [-0.1, -0.05) is 19.1 Å². The summed E-state index contributed by atoms with van der Waals surface area (Å²) in [6.45, 7) is 2.31. The van der Waals surface area contributed by atoms with Crippen molar-refractivity contribution in [3.05, 3.63) is 41.2 Å². The number of anilines is 1. The first kappa shape index (κ1) is 15.4. The SMILES string of the molecule is CCCSc1nn(Cc2ccc(F)cc2)c(N)c1C(=O)O. The number of halogens is 1. The van der Waals surface area contributed by atoms with Gasteiger partial charge in [0.1, 0.15) is 22.2 Å². The Morgan fingerprint density at radius 3 is 2.67 bits per heavy atom. The summed E-state index contributed by atoms with van der Waals surface area (Å²) in [5.74, 6) is -0.521. The van der Waals surface area contributed by atoms with Crippen molar-refractivity contribution in [1.29, 1.82) is 0 Å². The van der Waals surface area contributed by atoms with Gasteiger partial charge in [0.2, 0.25) is 0 Å². The molecule has 0 aliphatic rings. The van der Waals surface area contributed by atoms with Crippen LogP contribution in [0.1, 0.15) is 29.3 Å². The highest BCUT2D eigenvalue weighted by atomic mass is 32.2. The molecular weight excluding hydrogens is 293 g/mol. The molecule has 2 aromatic rings. The molecule has 0 aliphatic heterocycles. The van der Waals surface area contributed by atoms with Crippen LogP contribution in [-0.4, -0.2) is 26.6 Å². The Morgan fingerprint density at radius 2 is 2.10 bits per heavy atom. The van der Waals surface area contributed by atoms with Crippen molar-refractivity contribution in [2.75, 3.05) is 11.5 Å². The predicted molar refractivity (Wildman–Crippen MR) is 80.1 cm³/mol. The van der Waals surface area contributed by atoms with Crippen LogP contribution in [0.25, 0.3) is 0 Å². The molecule has 1 heterocycles. The summed E-state index contributed by atoms with van der Waals surface area (Å²) in [5.41, 5.74) is 6.72. The maximum absolute atomic E-state index is 12.9. The highest BCUT2D eigenvalue weighted by Crippen LogP contribution is 2.27. The van der Waals surface area contributed by atoms with E-state index in [0.29, 0.717) is 11.6 Å². The van der Waals surface area contributed by atoms with E-state index in [1.807, 2.05) is 6.92 Å². The second-order valence-corrected chi connectivity index (χ2v) is 5.59. The van der Waals surface area contributed by atoms with Gasteiger partial charge in [-0.05, 0) is 29.9 Å². The van der Waals surface area contributed by atoms with Gasteiger partial charge < -0.3 is 10.8 Å². The maximum Gasteiger partial charge on any atom is 0.342 e. The van der Waals surface area contributed by atoms with Crippen LogP contribution in [0.4, 0.5) is 10.2 Å². The number of thioether (sulfide) groups is 1. The average Bonchev–Trinajstić information content (AvgIpc) is 2.75. The van der Waals surface area contributed by atoms with E-state index in [-0.39, 0.29) is 17.2 Å². The van der Waals surface area contributed by atoms with Gasteiger partial charge in [0, 0.05) is 0 Å². The van der Waals surface area contributed by atoms with Crippen molar-refractivity contribution >= 4 is 23.5 Å². The first-order chi connectivity index (χ1) is 10.0. The minimum atomic E-state index is -1.09. The Balaban J connectivity index is 2.31. The summed E-state index contributed by atoms with van der Waals surface area (Å²) in [4.78, 5) is 11.3. The summed E-state index contributed by atoms with van der Waals surface area (Å²) < 4.78 is 14.3. The molecule has 0 saturated heterocycles. The Labute approximate surface area is 126 Å². The molecule has 2 rings (SSSR count). The fraction of sp³-hybridized carbons (Fsp3) is 0.286. The van der Waals surface area contributed by atoms with Crippen LogP contribution < -0.4 is 5.73 Å². The lowest BCUT2D eigenvalue weighted by Gasteiger charge is -2.04. The van der Waals surface area contributed by atoms with Gasteiger partial charge in [-0.25, -0.2) is 13.9 Å². The Kier molecular flexibility index (Phi) is 4.85. The molecule has 0 radical (unpaired) electrons. The number of aromatic nitrogens is 2. The average molecular weight is 309 g/mol. The Hall–Kier alpha value is -2.02. The number of carboxylic acids is 1. The van der Waals surface area contributed by atoms with E-state index in [1.54, 1.807) is 12.1 Å². The van der Waals surface area contributed by atoms with Crippen molar-refractivity contribution < 1.29 is 14.3 Å². The molecule has 112 valence electrons. The maximum atomic E-state index is 12.9. The van der Waals surface area contributed by atoms with Gasteiger partial charge in [-0.2, -0.15) is 5.10 Å². The molecule has 1 aromatic heterocycles. The minimum Gasteiger partial charge on any atom is -0.477 e. The molecule has 0 atom stereocenters. The normalized spacial score (nSPS) is 10.8. The molecule has 0 saturated carbocycles. The Bertz CT molecular complexity index is 640. The number of nitrogen functional groups attached to an aromatic ring is 1. The van der Waals surface area contributed by atoms with E-state index >= 15 is 0 Å². The Morgan fingerprint density at radius 1 is 1.43 bits per heavy atom. The molecule has 0 amide bonds. The summed E-state index contributed by atoms with van der Waals surface area (Å²) in [6.07, 6.45) is 0.911. The highest BCUT2D eigenvalue weighted by molar-refractivity contribution is 7.99. The van der Waals surface area contributed by atoms with Crippen LogP contribution in [0, 0.1) is 5.82 Å². The van der Waals surface area contributed by atoms with Crippen LogP contribution in [0.5, 0.6) is 0 Å². The molecule has 5 nitrogen and oxygen atoms in total. The molecule has 7 heteroatoms. The molecule has 0 fully saturated rings. The second kappa shape index (κ2) is 6.62. The zero-order chi connectivity index (χ0) is 15.4. The quantitative estimate of drug-likeness (QED) is 0.802. The lowest BCUT2D eigenvalue weighted by atomic mass is 10.2. The van der Waals surface area contributed by atoms with E-state index in [0.717, 1.165) is 17.7 Å². The first-order valence-corrected chi connectivity index (χ1v) is 7.48. The van der Waals surface area contributed by atoms with Crippen LogP contribution in [0.2, 0.25) is 0 Å². The summed E-state index contributed by atoms with van der Waals surface area (Å²) >= 11 is 1.37. The number of carbonyl (C=O) groups is 1. The second-order valence-electron chi connectivity index (χ2n) is 4.50. The third-order valence-electron chi connectivity index (χ3n) is 2.86. The van der Waals surface area contributed by atoms with Crippen molar-refractivity contribution in [3.8, 4) is 0 Å². The molecule has 0 aliphatic carbocycles. The number of hydrogen-bond acceptors (Lipinski definition) is 4. The van der Waals surface area contributed by atoms with Crippen molar-refractivity contribution in [1.82, 2.24) is 9.78 Å². The summed E-state index contributed by atoms with van der Waals surface area (Å²) in [7, 11) is 0. The van der Waals surface area contributed by atoms with Crippen LogP contribution in [0.3, 0.4) is 0 Å². The summed E-state index contributed by atoms with van der Waals surface area (Å²) in [5, 5.41) is 14.0. The number of benzene rings is 1. The van der Waals surface area contributed by atoms with Gasteiger partial charge >= 0.3 is 5.97 Å². The van der Waals surface area contributed by atoms with E-state index in [9.17, 15) is 14.3 Å². The molecule has 0 unspecified atom stereocenters. The molecule has 0 bridgehead atoms. The molecule has 1 aromatic carbocycles. The predicted octanol–water partition coefficient (Wildman–Crippen LogP) is 2.85. The fourth-order valence-electron chi connectivity index (χ4n) is 1.84. The lowest BCUT2D eigenvalue weighted by Crippen LogP contribution is -2.08. The zero-order valence-electron chi connectivity index (χ0n) is 11.5. The van der Waals surface area contributed by atoms with E-state index < -0.39 is 5.97 Å². The van der Waals surface area contributed by atoms with Gasteiger partial charge in [-0.3, -0.25) is 0 Å². The number of nitrogens with two attached hydrogens (primary N) is 1. The zero-order valence-corrected chi connectivity index (χ0v) is 12.4. The fourth-order valence-corrected chi connectivity index (χ4v) is 2.73. The van der Waals surface area contributed by atoms with E-state index in [2.05, 4.69) is 5.10 Å². The smallest absolute Gasteiger partial charge is 0.342 e. The van der Waals surface area contributed by atoms with E-state index in [4.69, 9.17) is 5.73 Å². The molecule has 0 spiro atoms. The summed E-state index contributed by atoms with van der Waals surface area (Å²) in [6, 6.07) is 5.94. The van der Waals surface area contributed by atoms with Gasteiger partial charge in [0.05, 0.1) is 6.54 Å². The monoisotopic (exact) mass is 309 g/mol. The van der Waals surface area contributed by atoms with Gasteiger partial charge in [0.15, 0.2) is 0 Å². The van der Waals surface area contributed by atoms with Crippen LogP contribution in [0.15, 0.2) is 29.3 Å². The molecule has 21 heavy (non-hydrogen) atoms. The number of carboxylic acid groups (broad SMARTS) is 1.